The first-order valence-corrected chi connectivity index (χ1v) is 12.0. The molecule has 0 amide bonds. The second kappa shape index (κ2) is 19.2. The Morgan fingerprint density at radius 1 is 0.692 bits per heavy atom. The minimum atomic E-state index is -4.15. The molecule has 0 saturated heterocycles. The Kier molecular flexibility index (Phi) is 21.5. The van der Waals surface area contributed by atoms with Crippen LogP contribution in [-0.4, -0.2) is 29.4 Å². The van der Waals surface area contributed by atoms with E-state index in [-0.39, 0.29) is 35.7 Å². The van der Waals surface area contributed by atoms with E-state index < -0.39 is 15.4 Å². The second-order valence-electron chi connectivity index (χ2n) is 7.46. The first kappa shape index (κ1) is 29.1. The van der Waals surface area contributed by atoms with Crippen molar-refractivity contribution in [3.05, 3.63) is 0 Å². The molecular formula is C20H41NaO4S. The number of aliphatic hydroxyl groups is 1. The van der Waals surface area contributed by atoms with Crippen LogP contribution in [0.3, 0.4) is 0 Å². The van der Waals surface area contributed by atoms with Crippen LogP contribution in [0.25, 0.3) is 0 Å². The molecular weight excluding hydrogens is 359 g/mol. The Balaban J connectivity index is 0. The Morgan fingerprint density at radius 2 is 1.04 bits per heavy atom. The smallest absolute Gasteiger partial charge is 0.748 e. The molecule has 0 aliphatic heterocycles. The van der Waals surface area contributed by atoms with Crippen molar-refractivity contribution in [2.45, 2.75) is 128 Å². The van der Waals surface area contributed by atoms with Gasteiger partial charge in [-0.1, -0.05) is 90.9 Å². The van der Waals surface area contributed by atoms with Gasteiger partial charge in [-0.3, -0.25) is 0 Å². The molecule has 26 heavy (non-hydrogen) atoms. The Hall–Kier alpha value is 0.870. The van der Waals surface area contributed by atoms with E-state index in [0.29, 0.717) is 12.8 Å². The Labute approximate surface area is 185 Å². The predicted octanol–water partition coefficient (Wildman–Crippen LogP) is 2.55. The molecule has 1 N–H and O–H groups in total. The number of hydrogen-bond donors (Lipinski definition) is 1. The molecule has 152 valence electrons. The predicted molar refractivity (Wildman–Crippen MR) is 105 cm³/mol. The number of aliphatic hydroxyl groups excluding tert-OH is 1. The van der Waals surface area contributed by atoms with Crippen molar-refractivity contribution < 1.29 is 47.6 Å². The summed E-state index contributed by atoms with van der Waals surface area (Å²) in [5, 5.41) is 9.22. The van der Waals surface area contributed by atoms with Crippen LogP contribution in [-0.2, 0) is 10.1 Å². The van der Waals surface area contributed by atoms with Crippen molar-refractivity contribution in [1.29, 1.82) is 0 Å². The van der Waals surface area contributed by atoms with Crippen LogP contribution in [0.15, 0.2) is 0 Å². The van der Waals surface area contributed by atoms with Crippen molar-refractivity contribution in [3.63, 3.8) is 0 Å². The molecule has 2 unspecified atom stereocenters. The van der Waals surface area contributed by atoms with Gasteiger partial charge in [0.2, 0.25) is 0 Å². The third-order valence-electron chi connectivity index (χ3n) is 4.99. The minimum Gasteiger partial charge on any atom is -0.748 e. The molecule has 6 heteroatoms. The first-order valence-electron chi connectivity index (χ1n) is 10.5. The van der Waals surface area contributed by atoms with Gasteiger partial charge in [-0.2, -0.15) is 0 Å². The van der Waals surface area contributed by atoms with Gasteiger partial charge in [-0.25, -0.2) is 8.42 Å². The first-order chi connectivity index (χ1) is 11.9. The number of rotatable bonds is 18. The summed E-state index contributed by atoms with van der Waals surface area (Å²) < 4.78 is 33.9. The molecule has 0 radical (unpaired) electrons. The van der Waals surface area contributed by atoms with Gasteiger partial charge < -0.3 is 9.66 Å². The quantitative estimate of drug-likeness (QED) is 0.218. The summed E-state index contributed by atoms with van der Waals surface area (Å²) in [5.41, 5.74) is 0. The molecule has 0 heterocycles. The van der Waals surface area contributed by atoms with Crippen molar-refractivity contribution >= 4 is 10.1 Å². The van der Waals surface area contributed by atoms with E-state index in [2.05, 4.69) is 13.8 Å². The van der Waals surface area contributed by atoms with Crippen LogP contribution in [0.5, 0.6) is 0 Å². The van der Waals surface area contributed by atoms with E-state index in [0.717, 1.165) is 70.6 Å². The van der Waals surface area contributed by atoms with Crippen molar-refractivity contribution in [2.75, 3.05) is 0 Å². The molecule has 0 aromatic heterocycles. The molecule has 2 atom stereocenters. The van der Waals surface area contributed by atoms with E-state index in [1.807, 2.05) is 0 Å². The van der Waals surface area contributed by atoms with Crippen LogP contribution in [0.1, 0.15) is 117 Å². The summed E-state index contributed by atoms with van der Waals surface area (Å²) in [6.07, 6.45) is 15.3. The van der Waals surface area contributed by atoms with Gasteiger partial charge in [0.25, 0.3) is 0 Å². The zero-order chi connectivity index (χ0) is 19.0. The molecule has 4 nitrogen and oxygen atoms in total. The summed E-state index contributed by atoms with van der Waals surface area (Å²) >= 11 is 0. The monoisotopic (exact) mass is 400 g/mol. The average Bonchev–Trinajstić information content (AvgIpc) is 2.55. The van der Waals surface area contributed by atoms with E-state index in [1.165, 1.54) is 19.3 Å². The molecule has 0 saturated carbocycles. The van der Waals surface area contributed by atoms with Crippen LogP contribution in [0.2, 0.25) is 0 Å². The maximum Gasteiger partial charge on any atom is 1.00 e. The summed E-state index contributed by atoms with van der Waals surface area (Å²) in [5.74, 6) is 0. The largest absolute Gasteiger partial charge is 1.00 e. The van der Waals surface area contributed by atoms with Gasteiger partial charge in [0, 0.05) is 5.25 Å². The van der Waals surface area contributed by atoms with Gasteiger partial charge >= 0.3 is 29.6 Å². The fraction of sp³-hybridized carbons (Fsp3) is 1.00. The molecule has 0 aliphatic rings. The molecule has 0 aliphatic carbocycles. The molecule has 0 fully saturated rings. The van der Waals surface area contributed by atoms with E-state index in [9.17, 15) is 18.1 Å². The minimum absolute atomic E-state index is 0. The Bertz CT molecular complexity index is 387. The number of hydrogen-bond acceptors (Lipinski definition) is 4. The van der Waals surface area contributed by atoms with Crippen molar-refractivity contribution in [3.8, 4) is 0 Å². The summed E-state index contributed by atoms with van der Waals surface area (Å²) in [7, 11) is -4.15. The summed E-state index contributed by atoms with van der Waals surface area (Å²) in [4.78, 5) is 0. The van der Waals surface area contributed by atoms with E-state index in [4.69, 9.17) is 0 Å². The SMILES string of the molecule is CCCCCCC(O)CCCCCCCC(CCCCC)S(=O)(=O)[O-].[Na+]. The van der Waals surface area contributed by atoms with Gasteiger partial charge in [0.15, 0.2) is 0 Å². The Morgan fingerprint density at radius 3 is 1.50 bits per heavy atom. The molecule has 0 aromatic carbocycles. The third-order valence-corrected chi connectivity index (χ3v) is 6.28. The maximum atomic E-state index is 11.3. The van der Waals surface area contributed by atoms with Crippen LogP contribution in [0.4, 0.5) is 0 Å². The van der Waals surface area contributed by atoms with Crippen molar-refractivity contribution in [1.82, 2.24) is 0 Å². The summed E-state index contributed by atoms with van der Waals surface area (Å²) in [6, 6.07) is 0. The van der Waals surface area contributed by atoms with E-state index in [1.54, 1.807) is 0 Å². The third kappa shape index (κ3) is 18.2. The van der Waals surface area contributed by atoms with E-state index >= 15 is 0 Å². The fourth-order valence-corrected chi connectivity index (χ4v) is 4.20. The van der Waals surface area contributed by atoms with Crippen LogP contribution in [0, 0.1) is 0 Å². The number of unbranched alkanes of at least 4 members (excludes halogenated alkanes) is 9. The van der Waals surface area contributed by atoms with Crippen LogP contribution < -0.4 is 29.6 Å². The molecule has 0 bridgehead atoms. The average molecular weight is 401 g/mol. The van der Waals surface area contributed by atoms with Gasteiger partial charge in [0.05, 0.1) is 16.2 Å². The normalized spacial score (nSPS) is 14.0. The second-order valence-corrected chi connectivity index (χ2v) is 9.11. The fourth-order valence-electron chi connectivity index (χ4n) is 3.29. The molecule has 0 aromatic rings. The topological polar surface area (TPSA) is 77.4 Å². The zero-order valence-electron chi connectivity index (χ0n) is 17.5. The standard InChI is InChI=1S/C20H42O4S.Na/c1-3-5-7-12-15-19(21)16-13-9-8-10-14-18-20(25(22,23)24)17-11-6-4-2;/h19-21H,3-18H2,1-2H3,(H,22,23,24);/q;+1/p-1. The van der Waals surface area contributed by atoms with Gasteiger partial charge in [-0.05, 0) is 25.7 Å². The maximum absolute atomic E-state index is 11.3. The van der Waals surface area contributed by atoms with Crippen LogP contribution >= 0.6 is 0 Å². The van der Waals surface area contributed by atoms with Gasteiger partial charge in [0.1, 0.15) is 0 Å². The summed E-state index contributed by atoms with van der Waals surface area (Å²) in [6.45, 7) is 4.26. The molecule has 0 spiro atoms. The van der Waals surface area contributed by atoms with Crippen molar-refractivity contribution in [2.24, 2.45) is 0 Å². The zero-order valence-corrected chi connectivity index (χ0v) is 20.4. The van der Waals surface area contributed by atoms with Gasteiger partial charge in [-0.15, -0.1) is 0 Å². The molecule has 0 rings (SSSR count).